The van der Waals surface area contributed by atoms with Crippen molar-refractivity contribution in [3.8, 4) is 6.07 Å². The second kappa shape index (κ2) is 5.45. The van der Waals surface area contributed by atoms with Crippen LogP contribution in [-0.4, -0.2) is 16.5 Å². The van der Waals surface area contributed by atoms with Crippen LogP contribution < -0.4 is 5.32 Å². The summed E-state index contributed by atoms with van der Waals surface area (Å²) in [7, 11) is 0. The molecule has 0 spiro atoms. The van der Waals surface area contributed by atoms with Gasteiger partial charge in [-0.25, -0.2) is 0 Å². The number of aromatic nitrogens is 2. The van der Waals surface area contributed by atoms with Gasteiger partial charge in [-0.05, 0) is 24.1 Å². The summed E-state index contributed by atoms with van der Waals surface area (Å²) >= 11 is 0. The lowest BCUT2D eigenvalue weighted by atomic mass is 10.2. The minimum Gasteiger partial charge on any atom is -0.370 e. The molecule has 98 valence electrons. The Labute approximate surface area is 117 Å². The molecular formula is C16H14N4. The highest BCUT2D eigenvalue weighted by atomic mass is 15.0. The molecule has 3 rings (SSSR count). The first-order valence-corrected chi connectivity index (χ1v) is 6.52. The van der Waals surface area contributed by atoms with Crippen LogP contribution in [0.3, 0.4) is 0 Å². The van der Waals surface area contributed by atoms with Gasteiger partial charge in [-0.1, -0.05) is 24.3 Å². The zero-order valence-electron chi connectivity index (χ0n) is 10.9. The van der Waals surface area contributed by atoms with Crippen molar-refractivity contribution in [1.82, 2.24) is 9.97 Å². The molecule has 0 aliphatic heterocycles. The normalized spacial score (nSPS) is 10.3. The maximum absolute atomic E-state index is 9.30. The summed E-state index contributed by atoms with van der Waals surface area (Å²) in [4.78, 5) is 7.34. The number of benzene rings is 1. The molecule has 2 heterocycles. The second-order valence-corrected chi connectivity index (χ2v) is 4.57. The van der Waals surface area contributed by atoms with Crippen molar-refractivity contribution in [3.05, 3.63) is 59.9 Å². The van der Waals surface area contributed by atoms with E-state index in [0.717, 1.165) is 29.7 Å². The highest BCUT2D eigenvalue weighted by Gasteiger charge is 2.09. The number of para-hydroxylation sites is 1. The molecule has 0 aliphatic carbocycles. The van der Waals surface area contributed by atoms with E-state index in [0.29, 0.717) is 5.56 Å². The van der Waals surface area contributed by atoms with E-state index in [9.17, 15) is 5.26 Å². The van der Waals surface area contributed by atoms with Crippen LogP contribution >= 0.6 is 0 Å². The number of nitriles is 1. The molecule has 0 radical (unpaired) electrons. The third-order valence-corrected chi connectivity index (χ3v) is 3.26. The van der Waals surface area contributed by atoms with Crippen molar-refractivity contribution in [2.75, 3.05) is 11.9 Å². The van der Waals surface area contributed by atoms with E-state index in [1.165, 1.54) is 5.56 Å². The molecule has 0 atom stereocenters. The van der Waals surface area contributed by atoms with Crippen LogP contribution in [0.4, 0.5) is 5.82 Å². The number of hydrogen-bond acceptors (Lipinski definition) is 3. The second-order valence-electron chi connectivity index (χ2n) is 4.57. The molecule has 0 fully saturated rings. The molecule has 0 saturated heterocycles. The van der Waals surface area contributed by atoms with Gasteiger partial charge in [0, 0.05) is 29.8 Å². The summed E-state index contributed by atoms with van der Waals surface area (Å²) in [6.45, 7) is 0.757. The van der Waals surface area contributed by atoms with Gasteiger partial charge >= 0.3 is 0 Å². The highest BCUT2D eigenvalue weighted by Crippen LogP contribution is 2.25. The van der Waals surface area contributed by atoms with Gasteiger partial charge in [-0.2, -0.15) is 5.26 Å². The third-order valence-electron chi connectivity index (χ3n) is 3.26. The van der Waals surface area contributed by atoms with E-state index in [-0.39, 0.29) is 0 Å². The average Bonchev–Trinajstić information content (AvgIpc) is 2.86. The summed E-state index contributed by atoms with van der Waals surface area (Å²) in [6.07, 6.45) is 4.49. The number of nitrogens with zero attached hydrogens (tertiary/aromatic N) is 2. The Balaban J connectivity index is 1.76. The zero-order chi connectivity index (χ0) is 13.8. The van der Waals surface area contributed by atoms with Crippen molar-refractivity contribution in [2.45, 2.75) is 6.42 Å². The van der Waals surface area contributed by atoms with Gasteiger partial charge in [0.05, 0.1) is 0 Å². The number of nitrogens with one attached hydrogen (secondary N) is 2. The van der Waals surface area contributed by atoms with Crippen molar-refractivity contribution >= 4 is 16.7 Å². The lowest BCUT2D eigenvalue weighted by Crippen LogP contribution is -2.06. The van der Waals surface area contributed by atoms with Gasteiger partial charge < -0.3 is 10.3 Å². The SMILES string of the molecule is N#Cc1c(NCCc2cccnc2)[nH]c2ccccc12. The van der Waals surface area contributed by atoms with Crippen molar-refractivity contribution < 1.29 is 0 Å². The Morgan fingerprint density at radius 2 is 2.10 bits per heavy atom. The summed E-state index contributed by atoms with van der Waals surface area (Å²) in [5.74, 6) is 0.789. The molecule has 3 aromatic rings. The van der Waals surface area contributed by atoms with Gasteiger partial charge in [-0.15, -0.1) is 0 Å². The number of hydrogen-bond donors (Lipinski definition) is 2. The van der Waals surface area contributed by atoms with Crippen LogP contribution in [-0.2, 0) is 6.42 Å². The predicted molar refractivity (Wildman–Crippen MR) is 79.4 cm³/mol. The smallest absolute Gasteiger partial charge is 0.122 e. The Kier molecular flexibility index (Phi) is 3.34. The summed E-state index contributed by atoms with van der Waals surface area (Å²) in [5.41, 5.74) is 2.83. The van der Waals surface area contributed by atoms with Gasteiger partial charge in [0.2, 0.25) is 0 Å². The Bertz CT molecular complexity index is 753. The molecule has 1 aromatic carbocycles. The first-order chi connectivity index (χ1) is 9.88. The van der Waals surface area contributed by atoms with Crippen LogP contribution in [0.1, 0.15) is 11.1 Å². The topological polar surface area (TPSA) is 64.5 Å². The van der Waals surface area contributed by atoms with E-state index < -0.39 is 0 Å². The first-order valence-electron chi connectivity index (χ1n) is 6.52. The average molecular weight is 262 g/mol. The highest BCUT2D eigenvalue weighted by molar-refractivity contribution is 5.91. The maximum atomic E-state index is 9.30. The number of anilines is 1. The molecule has 20 heavy (non-hydrogen) atoms. The summed E-state index contributed by atoms with van der Waals surface area (Å²) in [5, 5.41) is 13.6. The van der Waals surface area contributed by atoms with Crippen molar-refractivity contribution in [2.24, 2.45) is 0 Å². The number of aromatic amines is 1. The minimum absolute atomic E-state index is 0.673. The van der Waals surface area contributed by atoms with Gasteiger partial charge in [0.15, 0.2) is 0 Å². The molecule has 4 heteroatoms. The van der Waals surface area contributed by atoms with Crippen LogP contribution in [0.5, 0.6) is 0 Å². The van der Waals surface area contributed by atoms with Crippen LogP contribution in [0.2, 0.25) is 0 Å². The van der Waals surface area contributed by atoms with Crippen molar-refractivity contribution in [1.29, 1.82) is 5.26 Å². The zero-order valence-corrected chi connectivity index (χ0v) is 10.9. The van der Waals surface area contributed by atoms with Crippen molar-refractivity contribution in [3.63, 3.8) is 0 Å². The Hall–Kier alpha value is -2.80. The van der Waals surface area contributed by atoms with Crippen LogP contribution in [0.25, 0.3) is 10.9 Å². The van der Waals surface area contributed by atoms with E-state index in [2.05, 4.69) is 21.4 Å². The number of H-pyrrole nitrogens is 1. The molecule has 2 aromatic heterocycles. The predicted octanol–water partition coefficient (Wildman–Crippen LogP) is 3.09. The first kappa shape index (κ1) is 12.2. The molecule has 0 aliphatic rings. The van der Waals surface area contributed by atoms with Gasteiger partial charge in [0.25, 0.3) is 0 Å². The minimum atomic E-state index is 0.673. The monoisotopic (exact) mass is 262 g/mol. The number of rotatable bonds is 4. The standard InChI is InChI=1S/C16H14N4/c17-10-14-13-5-1-2-6-15(13)20-16(14)19-9-7-12-4-3-8-18-11-12/h1-6,8,11,19-20H,7,9H2. The largest absolute Gasteiger partial charge is 0.370 e. The fraction of sp³-hybridized carbons (Fsp3) is 0.125. The third kappa shape index (κ3) is 2.34. The fourth-order valence-electron chi connectivity index (χ4n) is 2.27. The lowest BCUT2D eigenvalue weighted by molar-refractivity contribution is 0.997. The Morgan fingerprint density at radius 3 is 2.90 bits per heavy atom. The van der Waals surface area contributed by atoms with Gasteiger partial charge in [0.1, 0.15) is 17.5 Å². The van der Waals surface area contributed by atoms with Gasteiger partial charge in [-0.3, -0.25) is 4.98 Å². The molecule has 4 nitrogen and oxygen atoms in total. The molecule has 0 saturated carbocycles. The van der Waals surface area contributed by atoms with Crippen LogP contribution in [0, 0.1) is 11.3 Å². The molecule has 0 unspecified atom stereocenters. The molecule has 2 N–H and O–H groups in total. The molecule has 0 bridgehead atoms. The summed E-state index contributed by atoms with van der Waals surface area (Å²) < 4.78 is 0. The van der Waals surface area contributed by atoms with E-state index in [1.54, 1.807) is 6.20 Å². The quantitative estimate of drug-likeness (QED) is 0.759. The van der Waals surface area contributed by atoms with Crippen LogP contribution in [0.15, 0.2) is 48.8 Å². The summed E-state index contributed by atoms with van der Waals surface area (Å²) in [6, 6.07) is 14.1. The molecular weight excluding hydrogens is 248 g/mol. The number of pyridine rings is 1. The number of fused-ring (bicyclic) bond motifs is 1. The van der Waals surface area contributed by atoms with E-state index in [4.69, 9.17) is 0 Å². The van der Waals surface area contributed by atoms with E-state index >= 15 is 0 Å². The lowest BCUT2D eigenvalue weighted by Gasteiger charge is -2.04. The molecule has 0 amide bonds. The Morgan fingerprint density at radius 1 is 1.20 bits per heavy atom. The maximum Gasteiger partial charge on any atom is 0.122 e. The van der Waals surface area contributed by atoms with E-state index in [1.807, 2.05) is 42.6 Å². The fourth-order valence-corrected chi connectivity index (χ4v) is 2.27.